The molecule has 0 saturated carbocycles. The van der Waals surface area contributed by atoms with Gasteiger partial charge in [0.2, 0.25) is 0 Å². The SMILES string of the molecule is CC[C@@H](O)c1nc2ccccc2cc1Br. The molecule has 1 N–H and O–H groups in total. The minimum atomic E-state index is -0.496. The van der Waals surface area contributed by atoms with Gasteiger partial charge in [0, 0.05) is 9.86 Å². The van der Waals surface area contributed by atoms with Gasteiger partial charge in [-0.05, 0) is 34.5 Å². The molecular formula is C12H12BrNO. The van der Waals surface area contributed by atoms with E-state index >= 15 is 0 Å². The van der Waals surface area contributed by atoms with Crippen LogP contribution in [0.3, 0.4) is 0 Å². The molecule has 2 aromatic rings. The van der Waals surface area contributed by atoms with Crippen LogP contribution in [-0.4, -0.2) is 10.1 Å². The first kappa shape index (κ1) is 10.6. The zero-order valence-electron chi connectivity index (χ0n) is 8.44. The number of aliphatic hydroxyl groups is 1. The summed E-state index contributed by atoms with van der Waals surface area (Å²) in [6.07, 6.45) is 0.174. The lowest BCUT2D eigenvalue weighted by Gasteiger charge is -2.10. The van der Waals surface area contributed by atoms with Crippen molar-refractivity contribution < 1.29 is 5.11 Å². The molecule has 2 rings (SSSR count). The molecule has 78 valence electrons. The van der Waals surface area contributed by atoms with Gasteiger partial charge in [-0.25, -0.2) is 4.98 Å². The fourth-order valence-corrected chi connectivity index (χ4v) is 2.13. The Morgan fingerprint density at radius 3 is 2.87 bits per heavy atom. The molecule has 0 radical (unpaired) electrons. The van der Waals surface area contributed by atoms with E-state index < -0.39 is 6.10 Å². The van der Waals surface area contributed by atoms with Gasteiger partial charge in [0.1, 0.15) is 0 Å². The number of benzene rings is 1. The monoisotopic (exact) mass is 265 g/mol. The second kappa shape index (κ2) is 4.29. The van der Waals surface area contributed by atoms with E-state index in [4.69, 9.17) is 0 Å². The van der Waals surface area contributed by atoms with Gasteiger partial charge in [-0.15, -0.1) is 0 Å². The highest BCUT2D eigenvalue weighted by Gasteiger charge is 2.11. The maximum atomic E-state index is 9.78. The topological polar surface area (TPSA) is 33.1 Å². The molecule has 0 aliphatic rings. The first-order valence-corrected chi connectivity index (χ1v) is 5.75. The van der Waals surface area contributed by atoms with Crippen molar-refractivity contribution >= 4 is 26.8 Å². The molecular weight excluding hydrogens is 254 g/mol. The Labute approximate surface area is 97.1 Å². The summed E-state index contributed by atoms with van der Waals surface area (Å²) >= 11 is 3.44. The summed E-state index contributed by atoms with van der Waals surface area (Å²) in [5.74, 6) is 0. The van der Waals surface area contributed by atoms with Crippen LogP contribution in [0.15, 0.2) is 34.8 Å². The molecule has 0 aliphatic heterocycles. The summed E-state index contributed by atoms with van der Waals surface area (Å²) in [4.78, 5) is 4.45. The minimum absolute atomic E-state index is 0.496. The van der Waals surface area contributed by atoms with Crippen molar-refractivity contribution in [2.24, 2.45) is 0 Å². The summed E-state index contributed by atoms with van der Waals surface area (Å²) in [5.41, 5.74) is 1.64. The highest BCUT2D eigenvalue weighted by Crippen LogP contribution is 2.27. The van der Waals surface area contributed by atoms with Gasteiger partial charge in [0.15, 0.2) is 0 Å². The summed E-state index contributed by atoms with van der Waals surface area (Å²) < 4.78 is 0.871. The molecule has 2 nitrogen and oxygen atoms in total. The third kappa shape index (κ3) is 2.03. The Hall–Kier alpha value is -0.930. The lowest BCUT2D eigenvalue weighted by atomic mass is 10.1. The number of nitrogens with zero attached hydrogens (tertiary/aromatic N) is 1. The van der Waals surface area contributed by atoms with Crippen molar-refractivity contribution in [2.45, 2.75) is 19.4 Å². The van der Waals surface area contributed by atoms with Crippen LogP contribution in [-0.2, 0) is 0 Å². The zero-order valence-corrected chi connectivity index (χ0v) is 10.0. The Kier molecular flexibility index (Phi) is 3.03. The van der Waals surface area contributed by atoms with Crippen LogP contribution in [0.1, 0.15) is 25.1 Å². The normalized spacial score (nSPS) is 13.0. The van der Waals surface area contributed by atoms with E-state index in [1.165, 1.54) is 0 Å². The third-order valence-electron chi connectivity index (χ3n) is 2.41. The molecule has 1 atom stereocenters. The molecule has 0 amide bonds. The van der Waals surface area contributed by atoms with E-state index in [0.717, 1.165) is 21.1 Å². The number of hydrogen-bond donors (Lipinski definition) is 1. The van der Waals surface area contributed by atoms with Crippen LogP contribution >= 0.6 is 15.9 Å². The highest BCUT2D eigenvalue weighted by molar-refractivity contribution is 9.10. The van der Waals surface area contributed by atoms with E-state index in [9.17, 15) is 5.11 Å². The van der Waals surface area contributed by atoms with Crippen molar-refractivity contribution in [3.63, 3.8) is 0 Å². The van der Waals surface area contributed by atoms with Gasteiger partial charge in [-0.2, -0.15) is 0 Å². The lowest BCUT2D eigenvalue weighted by molar-refractivity contribution is 0.168. The molecule has 0 spiro atoms. The van der Waals surface area contributed by atoms with Gasteiger partial charge >= 0.3 is 0 Å². The van der Waals surface area contributed by atoms with Crippen molar-refractivity contribution in [1.82, 2.24) is 4.98 Å². The predicted octanol–water partition coefficient (Wildman–Crippen LogP) is 3.44. The van der Waals surface area contributed by atoms with Crippen LogP contribution in [0.5, 0.6) is 0 Å². The van der Waals surface area contributed by atoms with Crippen molar-refractivity contribution in [3.8, 4) is 0 Å². The van der Waals surface area contributed by atoms with Gasteiger partial charge in [-0.3, -0.25) is 0 Å². The summed E-state index contributed by atoms with van der Waals surface area (Å²) in [7, 11) is 0. The van der Waals surface area contributed by atoms with Crippen LogP contribution in [0, 0.1) is 0 Å². The minimum Gasteiger partial charge on any atom is -0.387 e. The van der Waals surface area contributed by atoms with E-state index in [2.05, 4.69) is 20.9 Å². The van der Waals surface area contributed by atoms with E-state index in [1.807, 2.05) is 37.3 Å². The number of halogens is 1. The highest BCUT2D eigenvalue weighted by atomic mass is 79.9. The quantitative estimate of drug-likeness (QED) is 0.903. The molecule has 1 aromatic heterocycles. The molecule has 0 aliphatic carbocycles. The van der Waals surface area contributed by atoms with Gasteiger partial charge in [-0.1, -0.05) is 25.1 Å². The average molecular weight is 266 g/mol. The largest absolute Gasteiger partial charge is 0.387 e. The Bertz CT molecular complexity index is 484. The predicted molar refractivity (Wildman–Crippen MR) is 64.7 cm³/mol. The second-order valence-electron chi connectivity index (χ2n) is 3.47. The molecule has 1 heterocycles. The first-order chi connectivity index (χ1) is 7.22. The van der Waals surface area contributed by atoms with E-state index in [0.29, 0.717) is 6.42 Å². The van der Waals surface area contributed by atoms with Gasteiger partial charge in [0.25, 0.3) is 0 Å². The number of hydrogen-bond acceptors (Lipinski definition) is 2. The molecule has 0 unspecified atom stereocenters. The molecule has 0 fully saturated rings. The maximum absolute atomic E-state index is 9.78. The van der Waals surface area contributed by atoms with Crippen molar-refractivity contribution in [2.75, 3.05) is 0 Å². The van der Waals surface area contributed by atoms with Crippen molar-refractivity contribution in [3.05, 3.63) is 40.5 Å². The Morgan fingerprint density at radius 1 is 1.40 bits per heavy atom. The third-order valence-corrected chi connectivity index (χ3v) is 3.04. The zero-order chi connectivity index (χ0) is 10.8. The van der Waals surface area contributed by atoms with Gasteiger partial charge in [0.05, 0.1) is 17.3 Å². The van der Waals surface area contributed by atoms with Crippen LogP contribution in [0.25, 0.3) is 10.9 Å². The number of fused-ring (bicyclic) bond motifs is 1. The standard InChI is InChI=1S/C12H12BrNO/c1-2-11(15)12-9(13)7-8-5-3-4-6-10(8)14-12/h3-7,11,15H,2H2,1H3/t11-/m1/s1. The molecule has 0 saturated heterocycles. The molecule has 0 bridgehead atoms. The second-order valence-corrected chi connectivity index (χ2v) is 4.33. The smallest absolute Gasteiger partial charge is 0.0968 e. The summed E-state index contributed by atoms with van der Waals surface area (Å²) in [6, 6.07) is 9.89. The maximum Gasteiger partial charge on any atom is 0.0968 e. The summed E-state index contributed by atoms with van der Waals surface area (Å²) in [5, 5.41) is 10.9. The average Bonchev–Trinajstić information content (AvgIpc) is 2.27. The van der Waals surface area contributed by atoms with Crippen LogP contribution in [0.2, 0.25) is 0 Å². The number of aromatic nitrogens is 1. The van der Waals surface area contributed by atoms with Crippen molar-refractivity contribution in [1.29, 1.82) is 0 Å². The summed E-state index contributed by atoms with van der Waals surface area (Å²) in [6.45, 7) is 1.94. The molecule has 15 heavy (non-hydrogen) atoms. The molecule has 3 heteroatoms. The van der Waals surface area contributed by atoms with Crippen LogP contribution in [0.4, 0.5) is 0 Å². The fourth-order valence-electron chi connectivity index (χ4n) is 1.53. The number of aliphatic hydroxyl groups excluding tert-OH is 1. The number of pyridine rings is 1. The molecule has 1 aromatic carbocycles. The Morgan fingerprint density at radius 2 is 2.13 bits per heavy atom. The first-order valence-electron chi connectivity index (χ1n) is 4.95. The van der Waals surface area contributed by atoms with E-state index in [-0.39, 0.29) is 0 Å². The number of rotatable bonds is 2. The number of para-hydroxylation sites is 1. The van der Waals surface area contributed by atoms with E-state index in [1.54, 1.807) is 0 Å². The fraction of sp³-hybridized carbons (Fsp3) is 0.250. The Balaban J connectivity index is 2.61. The lowest BCUT2D eigenvalue weighted by Crippen LogP contribution is -2.00. The van der Waals surface area contributed by atoms with Crippen LogP contribution < -0.4 is 0 Å². The van der Waals surface area contributed by atoms with Gasteiger partial charge < -0.3 is 5.11 Å².